The topological polar surface area (TPSA) is 78.4 Å². The van der Waals surface area contributed by atoms with Crippen LogP contribution < -0.4 is 10.6 Å². The van der Waals surface area contributed by atoms with E-state index in [2.05, 4.69) is 10.6 Å². The summed E-state index contributed by atoms with van der Waals surface area (Å²) in [5.41, 5.74) is 0.361. The van der Waals surface area contributed by atoms with Crippen LogP contribution >= 0.6 is 11.6 Å². The molecule has 0 saturated carbocycles. The maximum absolute atomic E-state index is 11.7. The van der Waals surface area contributed by atoms with Gasteiger partial charge in [-0.25, -0.2) is 9.59 Å². The first-order valence-electron chi connectivity index (χ1n) is 6.47. The minimum absolute atomic E-state index is 0.308. The molecule has 0 aliphatic heterocycles. The fraction of sp³-hybridized carbons (Fsp3) is 0.429. The molecule has 110 valence electrons. The van der Waals surface area contributed by atoms with Crippen LogP contribution in [0.5, 0.6) is 0 Å². The molecule has 1 unspecified atom stereocenters. The summed E-state index contributed by atoms with van der Waals surface area (Å²) in [5, 5.41) is 14.6. The Balaban J connectivity index is 2.72. The van der Waals surface area contributed by atoms with E-state index < -0.39 is 18.0 Å². The van der Waals surface area contributed by atoms with Gasteiger partial charge in [-0.3, -0.25) is 0 Å². The number of carboxylic acid groups (broad SMARTS) is 1. The molecular weight excluding hydrogens is 280 g/mol. The summed E-state index contributed by atoms with van der Waals surface area (Å²) >= 11 is 5.96. The van der Waals surface area contributed by atoms with Gasteiger partial charge in [0, 0.05) is 17.1 Å². The van der Waals surface area contributed by atoms with Gasteiger partial charge < -0.3 is 15.7 Å². The first-order valence-corrected chi connectivity index (χ1v) is 6.85. The van der Waals surface area contributed by atoms with E-state index in [0.717, 1.165) is 6.42 Å². The average Bonchev–Trinajstić information content (AvgIpc) is 2.42. The number of carbonyl (C=O) groups excluding carboxylic acids is 1. The number of hydrogen-bond donors (Lipinski definition) is 3. The number of rotatable bonds is 6. The molecule has 3 N–H and O–H groups in total. The summed E-state index contributed by atoms with van der Waals surface area (Å²) < 4.78 is 0. The molecule has 0 spiro atoms. The number of benzene rings is 1. The summed E-state index contributed by atoms with van der Waals surface area (Å²) in [4.78, 5) is 23.0. The van der Waals surface area contributed by atoms with E-state index in [4.69, 9.17) is 11.6 Å². The highest BCUT2D eigenvalue weighted by Crippen LogP contribution is 2.22. The van der Waals surface area contributed by atoms with Crippen molar-refractivity contribution in [3.8, 4) is 0 Å². The van der Waals surface area contributed by atoms with Gasteiger partial charge in [-0.1, -0.05) is 50.1 Å². The van der Waals surface area contributed by atoms with Crippen LogP contribution in [-0.4, -0.2) is 23.7 Å². The molecule has 0 aromatic heterocycles. The highest BCUT2D eigenvalue weighted by Gasteiger charge is 2.24. The van der Waals surface area contributed by atoms with Gasteiger partial charge in [0.2, 0.25) is 0 Å². The zero-order valence-corrected chi connectivity index (χ0v) is 12.3. The Hall–Kier alpha value is -1.75. The van der Waals surface area contributed by atoms with E-state index in [0.29, 0.717) is 23.0 Å². The SMILES string of the molecule is CCC(C)CNC(=O)N[C@@H](C(=O)O)c1ccccc1Cl. The molecule has 0 fully saturated rings. The second kappa shape index (κ2) is 7.75. The lowest BCUT2D eigenvalue weighted by Crippen LogP contribution is -2.42. The summed E-state index contributed by atoms with van der Waals surface area (Å²) in [6, 6.07) is 4.86. The van der Waals surface area contributed by atoms with E-state index in [9.17, 15) is 14.7 Å². The molecule has 0 aliphatic carbocycles. The third kappa shape index (κ3) is 4.74. The zero-order chi connectivity index (χ0) is 15.1. The Morgan fingerprint density at radius 1 is 1.35 bits per heavy atom. The predicted molar refractivity (Wildman–Crippen MR) is 77.8 cm³/mol. The van der Waals surface area contributed by atoms with E-state index >= 15 is 0 Å². The van der Waals surface area contributed by atoms with Crippen molar-refractivity contribution in [2.45, 2.75) is 26.3 Å². The van der Waals surface area contributed by atoms with Crippen LogP contribution in [-0.2, 0) is 4.79 Å². The third-order valence-electron chi connectivity index (χ3n) is 3.05. The number of urea groups is 1. The predicted octanol–water partition coefficient (Wildman–Crippen LogP) is 2.81. The summed E-state index contributed by atoms with van der Waals surface area (Å²) in [5.74, 6) is -0.818. The molecule has 0 radical (unpaired) electrons. The minimum atomic E-state index is -1.17. The Morgan fingerprint density at radius 2 is 2.00 bits per heavy atom. The lowest BCUT2D eigenvalue weighted by molar-refractivity contribution is -0.139. The summed E-state index contributed by atoms with van der Waals surface area (Å²) in [7, 11) is 0. The zero-order valence-electron chi connectivity index (χ0n) is 11.5. The van der Waals surface area contributed by atoms with Gasteiger partial charge in [-0.2, -0.15) is 0 Å². The number of carboxylic acids is 1. The maximum Gasteiger partial charge on any atom is 0.331 e. The Labute approximate surface area is 123 Å². The fourth-order valence-corrected chi connectivity index (χ4v) is 1.82. The first kappa shape index (κ1) is 16.3. The molecule has 1 rings (SSSR count). The minimum Gasteiger partial charge on any atom is -0.479 e. The molecular formula is C14H19ClN2O3. The van der Waals surface area contributed by atoms with Gasteiger partial charge in [0.25, 0.3) is 0 Å². The van der Waals surface area contributed by atoms with E-state index in [-0.39, 0.29) is 0 Å². The number of halogens is 1. The van der Waals surface area contributed by atoms with Crippen LogP contribution in [0, 0.1) is 5.92 Å². The lowest BCUT2D eigenvalue weighted by Gasteiger charge is -2.17. The number of nitrogens with one attached hydrogen (secondary N) is 2. The van der Waals surface area contributed by atoms with Gasteiger partial charge in [-0.15, -0.1) is 0 Å². The number of amides is 2. The Morgan fingerprint density at radius 3 is 2.55 bits per heavy atom. The van der Waals surface area contributed by atoms with Gasteiger partial charge in [0.15, 0.2) is 6.04 Å². The second-order valence-electron chi connectivity index (χ2n) is 4.66. The molecule has 6 heteroatoms. The van der Waals surface area contributed by atoms with Crippen LogP contribution in [0.4, 0.5) is 4.79 Å². The van der Waals surface area contributed by atoms with Crippen molar-refractivity contribution in [3.63, 3.8) is 0 Å². The highest BCUT2D eigenvalue weighted by molar-refractivity contribution is 6.31. The molecule has 1 aromatic rings. The standard InChI is InChI=1S/C14H19ClN2O3/c1-3-9(2)8-16-14(20)17-12(13(18)19)10-6-4-5-7-11(10)15/h4-7,9,12H,3,8H2,1-2H3,(H,18,19)(H2,16,17,20)/t9?,12-/m1/s1. The lowest BCUT2D eigenvalue weighted by atomic mass is 10.1. The van der Waals surface area contributed by atoms with E-state index in [1.807, 2.05) is 13.8 Å². The molecule has 5 nitrogen and oxygen atoms in total. The molecule has 20 heavy (non-hydrogen) atoms. The van der Waals surface area contributed by atoms with E-state index in [1.54, 1.807) is 24.3 Å². The Kier molecular flexibility index (Phi) is 6.31. The van der Waals surface area contributed by atoms with E-state index in [1.165, 1.54) is 0 Å². The average molecular weight is 299 g/mol. The molecule has 1 aromatic carbocycles. The molecule has 2 atom stereocenters. The number of carbonyl (C=O) groups is 2. The molecule has 0 bridgehead atoms. The van der Waals surface area contributed by atoms with Gasteiger partial charge in [0.05, 0.1) is 0 Å². The normalized spacial score (nSPS) is 13.3. The molecule has 2 amide bonds. The summed E-state index contributed by atoms with van der Waals surface area (Å²) in [6.07, 6.45) is 0.938. The monoisotopic (exact) mass is 298 g/mol. The van der Waals surface area contributed by atoms with Crippen molar-refractivity contribution in [2.75, 3.05) is 6.54 Å². The van der Waals surface area contributed by atoms with Crippen LogP contribution in [0.25, 0.3) is 0 Å². The highest BCUT2D eigenvalue weighted by atomic mass is 35.5. The van der Waals surface area contributed by atoms with Crippen molar-refractivity contribution < 1.29 is 14.7 Å². The van der Waals surface area contributed by atoms with Crippen LogP contribution in [0.3, 0.4) is 0 Å². The van der Waals surface area contributed by atoms with Crippen molar-refractivity contribution in [1.82, 2.24) is 10.6 Å². The third-order valence-corrected chi connectivity index (χ3v) is 3.39. The number of hydrogen-bond acceptors (Lipinski definition) is 2. The first-order chi connectivity index (χ1) is 9.45. The van der Waals surface area contributed by atoms with Crippen molar-refractivity contribution >= 4 is 23.6 Å². The molecule has 0 aliphatic rings. The van der Waals surface area contributed by atoms with Gasteiger partial charge in [0.1, 0.15) is 0 Å². The Bertz CT molecular complexity index is 479. The molecule has 0 saturated heterocycles. The van der Waals surface area contributed by atoms with Crippen molar-refractivity contribution in [1.29, 1.82) is 0 Å². The summed E-state index contributed by atoms with van der Waals surface area (Å²) in [6.45, 7) is 4.52. The van der Waals surface area contributed by atoms with Crippen LogP contribution in [0.2, 0.25) is 5.02 Å². The van der Waals surface area contributed by atoms with Crippen molar-refractivity contribution in [3.05, 3.63) is 34.9 Å². The van der Waals surface area contributed by atoms with Gasteiger partial charge >= 0.3 is 12.0 Å². The quantitative estimate of drug-likeness (QED) is 0.755. The smallest absolute Gasteiger partial charge is 0.331 e. The van der Waals surface area contributed by atoms with Gasteiger partial charge in [-0.05, 0) is 12.0 Å². The second-order valence-corrected chi connectivity index (χ2v) is 5.07. The maximum atomic E-state index is 11.7. The number of aliphatic carboxylic acids is 1. The largest absolute Gasteiger partial charge is 0.479 e. The van der Waals surface area contributed by atoms with Crippen LogP contribution in [0.1, 0.15) is 31.9 Å². The fourth-order valence-electron chi connectivity index (χ4n) is 1.58. The van der Waals surface area contributed by atoms with Crippen molar-refractivity contribution in [2.24, 2.45) is 5.92 Å². The molecule has 0 heterocycles. The van der Waals surface area contributed by atoms with Crippen LogP contribution in [0.15, 0.2) is 24.3 Å².